The zero-order valence-corrected chi connectivity index (χ0v) is 19.9. The fraction of sp³-hybridized carbons (Fsp3) is 0.304. The van der Waals surface area contributed by atoms with Gasteiger partial charge in [-0.2, -0.15) is 8.42 Å². The van der Waals surface area contributed by atoms with Gasteiger partial charge in [0, 0.05) is 17.1 Å². The Morgan fingerprint density at radius 2 is 1.79 bits per heavy atom. The molecule has 0 bridgehead atoms. The molecule has 2 aromatic carbocycles. The van der Waals surface area contributed by atoms with E-state index in [-0.39, 0.29) is 35.5 Å². The molecule has 9 nitrogen and oxygen atoms in total. The Morgan fingerprint density at radius 3 is 2.50 bits per heavy atom. The van der Waals surface area contributed by atoms with Crippen LogP contribution in [-0.4, -0.2) is 55.3 Å². The van der Waals surface area contributed by atoms with Crippen LogP contribution < -0.4 is 5.32 Å². The van der Waals surface area contributed by atoms with Crippen molar-refractivity contribution in [3.05, 3.63) is 59.2 Å². The van der Waals surface area contributed by atoms with Crippen LogP contribution in [0, 0.1) is 6.92 Å². The Labute approximate surface area is 201 Å². The standard InChI is InChI=1S/C23H22N2O7S2/c1-14-6-8-15(9-7-14)34(30,31)32-12-3-13-33-18-5-2-4-16-20(18)23(29)25(22(16)28)17-10-11-19(26)24-21(17)27/h2,4-9,17H,3,10-13H2,1H3,(H,24,26,27). The van der Waals surface area contributed by atoms with Crippen molar-refractivity contribution in [1.29, 1.82) is 0 Å². The third-order valence-corrected chi connectivity index (χ3v) is 7.99. The number of benzene rings is 2. The second-order valence-corrected chi connectivity index (χ2v) is 10.7. The van der Waals surface area contributed by atoms with Crippen LogP contribution in [0.4, 0.5) is 0 Å². The number of carbonyl (C=O) groups excluding carboxylic acids is 4. The largest absolute Gasteiger partial charge is 0.296 e. The van der Waals surface area contributed by atoms with Gasteiger partial charge in [-0.15, -0.1) is 11.8 Å². The lowest BCUT2D eigenvalue weighted by Crippen LogP contribution is -2.54. The van der Waals surface area contributed by atoms with E-state index < -0.39 is 39.8 Å². The minimum atomic E-state index is -3.85. The first-order valence-corrected chi connectivity index (χ1v) is 13.0. The fourth-order valence-corrected chi connectivity index (χ4v) is 5.73. The number of imide groups is 2. The lowest BCUT2D eigenvalue weighted by Gasteiger charge is -2.27. The van der Waals surface area contributed by atoms with Gasteiger partial charge >= 0.3 is 0 Å². The zero-order valence-electron chi connectivity index (χ0n) is 18.3. The smallest absolute Gasteiger partial charge is 0.295 e. The predicted molar refractivity (Wildman–Crippen MR) is 123 cm³/mol. The third-order valence-electron chi connectivity index (χ3n) is 5.52. The van der Waals surface area contributed by atoms with Crippen molar-refractivity contribution in [2.75, 3.05) is 12.4 Å². The number of thioether (sulfide) groups is 1. The highest BCUT2D eigenvalue weighted by Crippen LogP contribution is 2.34. The van der Waals surface area contributed by atoms with E-state index in [0.29, 0.717) is 17.1 Å². The molecule has 4 amide bonds. The first-order valence-electron chi connectivity index (χ1n) is 10.6. The van der Waals surface area contributed by atoms with Crippen molar-refractivity contribution < 1.29 is 31.8 Å². The van der Waals surface area contributed by atoms with Gasteiger partial charge in [-0.1, -0.05) is 23.8 Å². The molecule has 0 saturated carbocycles. The number of amides is 4. The molecular weight excluding hydrogens is 480 g/mol. The second kappa shape index (κ2) is 9.69. The van der Waals surface area contributed by atoms with E-state index >= 15 is 0 Å². The maximum absolute atomic E-state index is 13.1. The van der Waals surface area contributed by atoms with Gasteiger partial charge in [-0.05, 0) is 44.0 Å². The monoisotopic (exact) mass is 502 g/mol. The molecule has 1 fully saturated rings. The maximum Gasteiger partial charge on any atom is 0.296 e. The van der Waals surface area contributed by atoms with Gasteiger partial charge in [0.25, 0.3) is 21.9 Å². The Hall–Kier alpha value is -3.02. The number of rotatable bonds is 8. The highest BCUT2D eigenvalue weighted by Gasteiger charge is 2.45. The first-order chi connectivity index (χ1) is 16.2. The summed E-state index contributed by atoms with van der Waals surface area (Å²) in [6, 6.07) is 10.2. The van der Waals surface area contributed by atoms with Crippen molar-refractivity contribution in [2.45, 2.75) is 42.0 Å². The zero-order chi connectivity index (χ0) is 24.5. The average Bonchev–Trinajstić information content (AvgIpc) is 3.05. The van der Waals surface area contributed by atoms with Crippen molar-refractivity contribution in [3.63, 3.8) is 0 Å². The van der Waals surface area contributed by atoms with Crippen LogP contribution in [0.3, 0.4) is 0 Å². The number of nitrogens with zero attached hydrogens (tertiary/aromatic N) is 1. The van der Waals surface area contributed by atoms with Crippen LogP contribution in [0.1, 0.15) is 45.5 Å². The van der Waals surface area contributed by atoms with Crippen LogP contribution in [0.5, 0.6) is 0 Å². The molecule has 0 spiro atoms. The molecule has 2 aliphatic heterocycles. The number of hydrogen-bond acceptors (Lipinski definition) is 8. The fourth-order valence-electron chi connectivity index (χ4n) is 3.79. The van der Waals surface area contributed by atoms with E-state index in [2.05, 4.69) is 5.32 Å². The SMILES string of the molecule is Cc1ccc(S(=O)(=O)OCCCSc2cccc3c2C(=O)N(C2CCC(=O)NC2=O)C3=O)cc1. The summed E-state index contributed by atoms with van der Waals surface area (Å²) in [4.78, 5) is 51.2. The number of nitrogens with one attached hydrogen (secondary N) is 1. The Balaban J connectivity index is 1.38. The van der Waals surface area contributed by atoms with E-state index in [1.165, 1.54) is 30.0 Å². The van der Waals surface area contributed by atoms with Crippen molar-refractivity contribution in [2.24, 2.45) is 0 Å². The first kappa shape index (κ1) is 24.1. The van der Waals surface area contributed by atoms with Crippen molar-refractivity contribution in [3.8, 4) is 0 Å². The minimum Gasteiger partial charge on any atom is -0.295 e. The number of aryl methyl sites for hydroxylation is 1. The molecular formula is C23H22N2O7S2. The molecule has 1 unspecified atom stereocenters. The van der Waals surface area contributed by atoms with E-state index in [0.717, 1.165) is 10.5 Å². The molecule has 2 aliphatic rings. The summed E-state index contributed by atoms with van der Waals surface area (Å²) < 4.78 is 29.6. The van der Waals surface area contributed by atoms with Crippen LogP contribution >= 0.6 is 11.8 Å². The van der Waals surface area contributed by atoms with E-state index in [1.807, 2.05) is 6.92 Å². The lowest BCUT2D eigenvalue weighted by molar-refractivity contribution is -0.136. The molecule has 178 valence electrons. The highest BCUT2D eigenvalue weighted by atomic mass is 32.2. The molecule has 0 aromatic heterocycles. The lowest BCUT2D eigenvalue weighted by atomic mass is 10.0. The van der Waals surface area contributed by atoms with E-state index in [1.54, 1.807) is 24.3 Å². The van der Waals surface area contributed by atoms with Gasteiger partial charge in [0.2, 0.25) is 11.8 Å². The molecule has 4 rings (SSSR count). The molecule has 34 heavy (non-hydrogen) atoms. The maximum atomic E-state index is 13.1. The molecule has 2 heterocycles. The van der Waals surface area contributed by atoms with Crippen LogP contribution in [0.25, 0.3) is 0 Å². The van der Waals surface area contributed by atoms with Crippen molar-refractivity contribution >= 4 is 45.5 Å². The molecule has 1 N–H and O–H groups in total. The van der Waals surface area contributed by atoms with Gasteiger partial charge in [0.05, 0.1) is 22.6 Å². The average molecular weight is 503 g/mol. The third kappa shape index (κ3) is 4.77. The summed E-state index contributed by atoms with van der Waals surface area (Å²) in [5.74, 6) is -1.78. The molecule has 1 atom stereocenters. The summed E-state index contributed by atoms with van der Waals surface area (Å²) in [5.41, 5.74) is 1.36. The number of carbonyl (C=O) groups is 4. The summed E-state index contributed by atoms with van der Waals surface area (Å²) in [7, 11) is -3.85. The quantitative estimate of drug-likeness (QED) is 0.252. The van der Waals surface area contributed by atoms with E-state index in [9.17, 15) is 27.6 Å². The predicted octanol–water partition coefficient (Wildman–Crippen LogP) is 2.28. The minimum absolute atomic E-state index is 0.0342. The topological polar surface area (TPSA) is 127 Å². The Kier molecular flexibility index (Phi) is 6.87. The summed E-state index contributed by atoms with van der Waals surface area (Å²) >= 11 is 1.30. The highest BCUT2D eigenvalue weighted by molar-refractivity contribution is 7.99. The van der Waals surface area contributed by atoms with Crippen molar-refractivity contribution in [1.82, 2.24) is 10.2 Å². The number of fused-ring (bicyclic) bond motifs is 1. The Morgan fingerprint density at radius 1 is 1.06 bits per heavy atom. The number of hydrogen-bond donors (Lipinski definition) is 1. The van der Waals surface area contributed by atoms with Crippen LogP contribution in [-0.2, 0) is 23.9 Å². The molecule has 11 heteroatoms. The Bertz CT molecular complexity index is 1270. The van der Waals surface area contributed by atoms with Gasteiger partial charge in [0.15, 0.2) is 0 Å². The van der Waals surface area contributed by atoms with Gasteiger partial charge in [-0.25, -0.2) is 0 Å². The van der Waals surface area contributed by atoms with Gasteiger partial charge in [0.1, 0.15) is 6.04 Å². The van der Waals surface area contributed by atoms with Gasteiger partial charge < -0.3 is 0 Å². The second-order valence-electron chi connectivity index (χ2n) is 7.92. The normalized spacial score (nSPS) is 18.3. The summed E-state index contributed by atoms with van der Waals surface area (Å²) in [5, 5.41) is 2.17. The molecule has 0 radical (unpaired) electrons. The summed E-state index contributed by atoms with van der Waals surface area (Å²) in [6.45, 7) is 1.82. The van der Waals surface area contributed by atoms with Crippen LogP contribution in [0.15, 0.2) is 52.3 Å². The molecule has 0 aliphatic carbocycles. The number of piperidine rings is 1. The molecule has 1 saturated heterocycles. The van der Waals surface area contributed by atoms with Gasteiger partial charge in [-0.3, -0.25) is 33.6 Å². The van der Waals surface area contributed by atoms with E-state index in [4.69, 9.17) is 4.18 Å². The molecule has 2 aromatic rings. The summed E-state index contributed by atoms with van der Waals surface area (Å²) in [6.07, 6.45) is 0.529. The van der Waals surface area contributed by atoms with Crippen LogP contribution in [0.2, 0.25) is 0 Å².